The third-order valence-electron chi connectivity index (χ3n) is 5.79. The van der Waals surface area contributed by atoms with Crippen LogP contribution in [0, 0.1) is 0 Å². The Labute approximate surface area is 190 Å². The number of anilines is 1. The number of fused-ring (bicyclic) bond motifs is 2. The number of amides is 2. The number of nitrogens with two attached hydrogens (primary N) is 1. The van der Waals surface area contributed by atoms with E-state index in [1.54, 1.807) is 6.07 Å². The molecule has 0 spiro atoms. The Morgan fingerprint density at radius 2 is 1.67 bits per heavy atom. The van der Waals surface area contributed by atoms with Crippen molar-refractivity contribution in [3.8, 4) is 5.75 Å². The Kier molecular flexibility index (Phi) is 5.11. The van der Waals surface area contributed by atoms with Gasteiger partial charge in [-0.1, -0.05) is 72.8 Å². The van der Waals surface area contributed by atoms with Crippen LogP contribution in [0.1, 0.15) is 33.1 Å². The van der Waals surface area contributed by atoms with Gasteiger partial charge in [0.2, 0.25) is 0 Å². The molecule has 1 aliphatic heterocycles. The van der Waals surface area contributed by atoms with Crippen LogP contribution in [0.3, 0.4) is 0 Å². The van der Waals surface area contributed by atoms with Gasteiger partial charge in [-0.05, 0) is 22.9 Å². The van der Waals surface area contributed by atoms with Crippen LogP contribution in [-0.4, -0.2) is 24.6 Å². The third-order valence-corrected chi connectivity index (χ3v) is 5.79. The predicted octanol–water partition coefficient (Wildman–Crippen LogP) is 4.48. The number of methoxy groups -OCH3 is 1. The zero-order chi connectivity index (χ0) is 22.9. The number of nitrogens with zero attached hydrogens (tertiary/aromatic N) is 1. The lowest BCUT2D eigenvalue weighted by molar-refractivity contribution is -0.117. The van der Waals surface area contributed by atoms with Crippen LogP contribution >= 0.6 is 0 Å². The molecule has 1 atom stereocenters. The fraction of sp³-hybridized carbons (Fsp3) is 0.0741. The molecule has 0 aromatic heterocycles. The van der Waals surface area contributed by atoms with Gasteiger partial charge in [-0.2, -0.15) is 0 Å². The largest absolute Gasteiger partial charge is 0.496 e. The summed E-state index contributed by atoms with van der Waals surface area (Å²) in [5.74, 6) is -0.727. The van der Waals surface area contributed by atoms with Crippen LogP contribution in [0.4, 0.5) is 5.69 Å². The molecular formula is C27H21N3O3. The highest BCUT2D eigenvalue weighted by Crippen LogP contribution is 2.39. The molecule has 0 aliphatic carbocycles. The summed E-state index contributed by atoms with van der Waals surface area (Å²) in [7, 11) is 1.47. The van der Waals surface area contributed by atoms with E-state index in [-0.39, 0.29) is 11.5 Å². The number of para-hydroxylation sites is 1. The first-order valence-electron chi connectivity index (χ1n) is 10.5. The average molecular weight is 435 g/mol. The number of nitrogens with one attached hydrogen (secondary N) is 1. The van der Waals surface area contributed by atoms with E-state index >= 15 is 0 Å². The van der Waals surface area contributed by atoms with Crippen LogP contribution < -0.4 is 15.8 Å². The second kappa shape index (κ2) is 8.24. The van der Waals surface area contributed by atoms with Crippen LogP contribution in [-0.2, 0) is 4.79 Å². The maximum absolute atomic E-state index is 13.6. The van der Waals surface area contributed by atoms with Gasteiger partial charge in [-0.3, -0.25) is 14.6 Å². The van der Waals surface area contributed by atoms with Crippen molar-refractivity contribution in [1.29, 1.82) is 0 Å². The van der Waals surface area contributed by atoms with Crippen molar-refractivity contribution >= 4 is 34.0 Å². The Balaban J connectivity index is 1.86. The quantitative estimate of drug-likeness (QED) is 0.495. The number of benzene rings is 4. The monoisotopic (exact) mass is 435 g/mol. The molecule has 33 heavy (non-hydrogen) atoms. The number of hydrogen-bond acceptors (Lipinski definition) is 4. The first-order chi connectivity index (χ1) is 16.1. The Morgan fingerprint density at radius 1 is 0.970 bits per heavy atom. The summed E-state index contributed by atoms with van der Waals surface area (Å²) in [6.45, 7) is 0. The molecule has 5 rings (SSSR count). The lowest BCUT2D eigenvalue weighted by Gasteiger charge is -2.19. The van der Waals surface area contributed by atoms with E-state index in [1.807, 2.05) is 78.9 Å². The standard InChI is InChI=1S/C27H21N3O3/c1-33-21-15-17-11-5-6-12-18(17)22(23(21)26(28)31)25-27(32)29-20-14-8-7-13-19(20)24(30-25)16-9-3-2-4-10-16/h2-15,25H,1H3,(H2,28,31)(H,29,32). The van der Waals surface area contributed by atoms with Gasteiger partial charge in [0.05, 0.1) is 24.1 Å². The van der Waals surface area contributed by atoms with Gasteiger partial charge in [-0.25, -0.2) is 0 Å². The van der Waals surface area contributed by atoms with Crippen molar-refractivity contribution in [2.75, 3.05) is 12.4 Å². The van der Waals surface area contributed by atoms with Crippen molar-refractivity contribution in [3.63, 3.8) is 0 Å². The summed E-state index contributed by atoms with van der Waals surface area (Å²) in [6.07, 6.45) is 0. The third kappa shape index (κ3) is 3.51. The molecular weight excluding hydrogens is 414 g/mol. The molecule has 1 heterocycles. The summed E-state index contributed by atoms with van der Waals surface area (Å²) >= 11 is 0. The second-order valence-corrected chi connectivity index (χ2v) is 7.73. The minimum atomic E-state index is -1.02. The number of rotatable bonds is 4. The first kappa shape index (κ1) is 20.5. The molecule has 0 radical (unpaired) electrons. The average Bonchev–Trinajstić information content (AvgIpc) is 2.99. The summed E-state index contributed by atoms with van der Waals surface area (Å²) < 4.78 is 5.51. The first-order valence-corrected chi connectivity index (χ1v) is 10.5. The highest BCUT2D eigenvalue weighted by Gasteiger charge is 2.33. The zero-order valence-electron chi connectivity index (χ0n) is 17.9. The Hall–Kier alpha value is -4.45. The van der Waals surface area contributed by atoms with Crippen molar-refractivity contribution in [3.05, 3.63) is 107 Å². The van der Waals surface area contributed by atoms with Crippen LogP contribution in [0.25, 0.3) is 10.8 Å². The lowest BCUT2D eigenvalue weighted by Crippen LogP contribution is -2.24. The molecule has 0 saturated carbocycles. The van der Waals surface area contributed by atoms with Gasteiger partial charge in [0.25, 0.3) is 11.8 Å². The molecule has 2 amide bonds. The lowest BCUT2D eigenvalue weighted by atomic mass is 9.91. The normalized spacial score (nSPS) is 15.2. The van der Waals surface area contributed by atoms with E-state index in [0.717, 1.165) is 21.9 Å². The van der Waals surface area contributed by atoms with Crippen molar-refractivity contribution in [2.24, 2.45) is 10.7 Å². The van der Waals surface area contributed by atoms with Gasteiger partial charge in [0.15, 0.2) is 6.04 Å². The van der Waals surface area contributed by atoms with Gasteiger partial charge >= 0.3 is 0 Å². The number of hydrogen-bond donors (Lipinski definition) is 2. The molecule has 1 aliphatic rings. The van der Waals surface area contributed by atoms with Gasteiger partial charge in [0.1, 0.15) is 5.75 Å². The van der Waals surface area contributed by atoms with Crippen LogP contribution in [0.2, 0.25) is 0 Å². The highest BCUT2D eigenvalue weighted by atomic mass is 16.5. The minimum Gasteiger partial charge on any atom is -0.496 e. The molecule has 4 aromatic carbocycles. The number of carbonyl (C=O) groups is 2. The summed E-state index contributed by atoms with van der Waals surface area (Å²) in [5, 5.41) is 4.53. The topological polar surface area (TPSA) is 93.8 Å². The van der Waals surface area contributed by atoms with E-state index < -0.39 is 11.9 Å². The molecule has 162 valence electrons. The van der Waals surface area contributed by atoms with Crippen molar-refractivity contribution < 1.29 is 14.3 Å². The Morgan fingerprint density at radius 3 is 2.42 bits per heavy atom. The second-order valence-electron chi connectivity index (χ2n) is 7.73. The minimum absolute atomic E-state index is 0.151. The maximum atomic E-state index is 13.6. The van der Waals surface area contributed by atoms with E-state index in [2.05, 4.69) is 5.32 Å². The van der Waals surface area contributed by atoms with Crippen molar-refractivity contribution in [1.82, 2.24) is 0 Å². The van der Waals surface area contributed by atoms with Crippen molar-refractivity contribution in [2.45, 2.75) is 6.04 Å². The van der Waals surface area contributed by atoms with E-state index in [1.165, 1.54) is 7.11 Å². The fourth-order valence-corrected chi connectivity index (χ4v) is 4.33. The molecule has 3 N–H and O–H groups in total. The van der Waals surface area contributed by atoms with Gasteiger partial charge in [-0.15, -0.1) is 0 Å². The van der Waals surface area contributed by atoms with Gasteiger partial charge < -0.3 is 15.8 Å². The molecule has 0 saturated heterocycles. The molecule has 0 bridgehead atoms. The molecule has 0 fully saturated rings. The zero-order valence-corrected chi connectivity index (χ0v) is 17.9. The smallest absolute Gasteiger partial charge is 0.253 e. The molecule has 6 nitrogen and oxygen atoms in total. The van der Waals surface area contributed by atoms with Crippen LogP contribution in [0.15, 0.2) is 89.9 Å². The van der Waals surface area contributed by atoms with E-state index in [9.17, 15) is 9.59 Å². The maximum Gasteiger partial charge on any atom is 0.253 e. The number of aliphatic imine (C=N–C) groups is 1. The van der Waals surface area contributed by atoms with Crippen LogP contribution in [0.5, 0.6) is 5.75 Å². The predicted molar refractivity (Wildman–Crippen MR) is 129 cm³/mol. The number of primary amides is 1. The summed E-state index contributed by atoms with van der Waals surface area (Å²) in [6, 6.07) is 25.4. The summed E-state index contributed by atoms with van der Waals surface area (Å²) in [4.78, 5) is 31.1. The fourth-order valence-electron chi connectivity index (χ4n) is 4.33. The SMILES string of the molecule is COc1cc2ccccc2c(C2N=C(c3ccccc3)c3ccccc3NC2=O)c1C(N)=O. The highest BCUT2D eigenvalue weighted by molar-refractivity contribution is 6.20. The van der Waals surface area contributed by atoms with Gasteiger partial charge in [0, 0.05) is 16.7 Å². The number of carbonyl (C=O) groups excluding carboxylic acids is 2. The van der Waals surface area contributed by atoms with E-state index in [0.29, 0.717) is 22.7 Å². The molecule has 4 aromatic rings. The van der Waals surface area contributed by atoms with E-state index in [4.69, 9.17) is 15.5 Å². The number of benzodiazepines with no additional fused rings is 1. The Bertz CT molecular complexity index is 1430. The number of ether oxygens (including phenoxy) is 1. The molecule has 1 unspecified atom stereocenters. The molecule has 6 heteroatoms. The summed E-state index contributed by atoms with van der Waals surface area (Å²) in [5.41, 5.74) is 9.34.